The smallest absolute Gasteiger partial charge is 0.169 e. The van der Waals surface area contributed by atoms with E-state index < -0.39 is 0 Å². The Morgan fingerprint density at radius 1 is 1.38 bits per heavy atom. The maximum absolute atomic E-state index is 11.0. The maximum Gasteiger partial charge on any atom is 0.169 e. The number of carbonyl (C=O) groups excluding carboxylic acids is 1. The van der Waals surface area contributed by atoms with Gasteiger partial charge in [-0.05, 0) is 31.2 Å². The van der Waals surface area contributed by atoms with Crippen molar-refractivity contribution in [2.24, 2.45) is 0 Å². The first-order valence-electron chi connectivity index (χ1n) is 3.92. The van der Waals surface area contributed by atoms with E-state index in [0.717, 1.165) is 15.5 Å². The van der Waals surface area contributed by atoms with Crippen LogP contribution in [0.25, 0.3) is 10.6 Å². The zero-order valence-electron chi connectivity index (χ0n) is 7.11. The summed E-state index contributed by atoms with van der Waals surface area (Å²) in [5.74, 6) is 0.917. The van der Waals surface area contributed by atoms with Crippen molar-refractivity contribution < 1.29 is 9.21 Å². The Bertz CT molecular complexity index is 412. The average Bonchev–Trinajstić information content (AvgIpc) is 2.75. The van der Waals surface area contributed by atoms with Crippen LogP contribution < -0.4 is 0 Å². The fourth-order valence-electron chi connectivity index (χ4n) is 1.08. The van der Waals surface area contributed by atoms with E-state index in [0.29, 0.717) is 0 Å². The summed E-state index contributed by atoms with van der Waals surface area (Å²) < 4.78 is 5.21. The molecule has 0 fully saturated rings. The summed E-state index contributed by atoms with van der Waals surface area (Å²) in [6.45, 7) is 1.57. The molecule has 2 nitrogen and oxygen atoms in total. The summed E-state index contributed by atoms with van der Waals surface area (Å²) in [7, 11) is 0. The number of Topliss-reactive ketones (excluding diaryl/α,β-unsaturated/α-hetero) is 1. The number of hydrogen-bond acceptors (Lipinski definition) is 3. The van der Waals surface area contributed by atoms with Gasteiger partial charge in [-0.2, -0.15) is 0 Å². The van der Waals surface area contributed by atoms with E-state index in [1.807, 2.05) is 24.3 Å². The van der Waals surface area contributed by atoms with Gasteiger partial charge in [0.05, 0.1) is 16.0 Å². The van der Waals surface area contributed by atoms with Crippen molar-refractivity contribution in [1.82, 2.24) is 0 Å². The molecule has 0 radical (unpaired) electrons. The number of carbonyl (C=O) groups is 1. The summed E-state index contributed by atoms with van der Waals surface area (Å²) in [5, 5.41) is 0. The quantitative estimate of drug-likeness (QED) is 0.684. The van der Waals surface area contributed by atoms with Crippen LogP contribution in [-0.4, -0.2) is 5.78 Å². The summed E-state index contributed by atoms with van der Waals surface area (Å²) in [6.07, 6.45) is 1.63. The molecule has 0 aromatic carbocycles. The molecule has 13 heavy (non-hydrogen) atoms. The lowest BCUT2D eigenvalue weighted by Crippen LogP contribution is -1.83. The number of ketones is 1. The van der Waals surface area contributed by atoms with E-state index in [-0.39, 0.29) is 5.78 Å². The highest BCUT2D eigenvalue weighted by atomic mass is 32.1. The van der Waals surface area contributed by atoms with Crippen molar-refractivity contribution in [3.8, 4) is 10.6 Å². The van der Waals surface area contributed by atoms with Crippen LogP contribution in [0.15, 0.2) is 34.9 Å². The molecule has 0 aliphatic carbocycles. The minimum atomic E-state index is 0.0998. The maximum atomic E-state index is 11.0. The third-order valence-electron chi connectivity index (χ3n) is 1.72. The van der Waals surface area contributed by atoms with Gasteiger partial charge in [-0.25, -0.2) is 0 Å². The molecule has 0 bridgehead atoms. The third-order valence-corrected chi connectivity index (χ3v) is 2.92. The van der Waals surface area contributed by atoms with Crippen LogP contribution in [-0.2, 0) is 0 Å². The molecule has 2 rings (SSSR count). The van der Waals surface area contributed by atoms with Crippen LogP contribution in [0.5, 0.6) is 0 Å². The molecule has 2 heterocycles. The summed E-state index contributed by atoms with van der Waals surface area (Å²) in [4.78, 5) is 12.8. The van der Waals surface area contributed by atoms with Crippen LogP contribution in [0.4, 0.5) is 0 Å². The fourth-order valence-corrected chi connectivity index (χ4v) is 1.95. The molecule has 2 aromatic heterocycles. The SMILES string of the molecule is CC(=O)c1ccc(-c2ccco2)s1. The Hall–Kier alpha value is -1.35. The van der Waals surface area contributed by atoms with Crippen LogP contribution in [0, 0.1) is 0 Å². The number of rotatable bonds is 2. The van der Waals surface area contributed by atoms with Gasteiger partial charge in [-0.1, -0.05) is 0 Å². The van der Waals surface area contributed by atoms with Crippen molar-refractivity contribution in [1.29, 1.82) is 0 Å². The molecular weight excluding hydrogens is 184 g/mol. The van der Waals surface area contributed by atoms with Gasteiger partial charge >= 0.3 is 0 Å². The summed E-state index contributed by atoms with van der Waals surface area (Å²) in [6, 6.07) is 7.45. The number of furan rings is 1. The van der Waals surface area contributed by atoms with E-state index in [9.17, 15) is 4.79 Å². The largest absolute Gasteiger partial charge is 0.464 e. The Balaban J connectivity index is 2.39. The van der Waals surface area contributed by atoms with Crippen molar-refractivity contribution in [3.63, 3.8) is 0 Å². The lowest BCUT2D eigenvalue weighted by molar-refractivity contribution is 0.102. The van der Waals surface area contributed by atoms with Crippen molar-refractivity contribution in [2.75, 3.05) is 0 Å². The van der Waals surface area contributed by atoms with Gasteiger partial charge in [0.1, 0.15) is 5.76 Å². The van der Waals surface area contributed by atoms with Crippen LogP contribution in [0.2, 0.25) is 0 Å². The zero-order valence-corrected chi connectivity index (χ0v) is 7.93. The lowest BCUT2D eigenvalue weighted by Gasteiger charge is -1.87. The van der Waals surface area contributed by atoms with Crippen LogP contribution >= 0.6 is 11.3 Å². The minimum absolute atomic E-state index is 0.0998. The molecule has 0 spiro atoms. The van der Waals surface area contributed by atoms with Gasteiger partial charge < -0.3 is 4.42 Å². The predicted octanol–water partition coefficient (Wildman–Crippen LogP) is 3.21. The molecule has 0 amide bonds. The van der Waals surface area contributed by atoms with Gasteiger partial charge in [-0.15, -0.1) is 11.3 Å². The van der Waals surface area contributed by atoms with E-state index in [1.54, 1.807) is 13.2 Å². The second-order valence-corrected chi connectivity index (χ2v) is 3.78. The first kappa shape index (κ1) is 8.26. The Labute approximate surface area is 79.8 Å². The van der Waals surface area contributed by atoms with Crippen LogP contribution in [0.3, 0.4) is 0 Å². The van der Waals surface area contributed by atoms with E-state index in [4.69, 9.17) is 4.42 Å². The molecule has 0 saturated carbocycles. The fraction of sp³-hybridized carbons (Fsp3) is 0.100. The summed E-state index contributed by atoms with van der Waals surface area (Å²) in [5.41, 5.74) is 0. The molecule has 0 atom stereocenters. The summed E-state index contributed by atoms with van der Waals surface area (Å²) >= 11 is 1.46. The Morgan fingerprint density at radius 2 is 2.23 bits per heavy atom. The second kappa shape index (κ2) is 3.18. The molecule has 0 N–H and O–H groups in total. The molecular formula is C10H8O2S. The van der Waals surface area contributed by atoms with Gasteiger partial charge in [0, 0.05) is 0 Å². The Morgan fingerprint density at radius 3 is 2.77 bits per heavy atom. The van der Waals surface area contributed by atoms with Crippen molar-refractivity contribution in [2.45, 2.75) is 6.92 Å². The molecule has 3 heteroatoms. The van der Waals surface area contributed by atoms with E-state index in [2.05, 4.69) is 0 Å². The third kappa shape index (κ3) is 1.55. The number of thiophene rings is 1. The first-order chi connectivity index (χ1) is 6.27. The highest BCUT2D eigenvalue weighted by molar-refractivity contribution is 7.17. The van der Waals surface area contributed by atoms with Gasteiger partial charge in [-0.3, -0.25) is 4.79 Å². The minimum Gasteiger partial charge on any atom is -0.464 e. The van der Waals surface area contributed by atoms with Crippen molar-refractivity contribution in [3.05, 3.63) is 35.4 Å². The second-order valence-electron chi connectivity index (χ2n) is 2.70. The Kier molecular flexibility index (Phi) is 2.02. The highest BCUT2D eigenvalue weighted by Gasteiger charge is 2.07. The highest BCUT2D eigenvalue weighted by Crippen LogP contribution is 2.28. The van der Waals surface area contributed by atoms with Gasteiger partial charge in [0.25, 0.3) is 0 Å². The van der Waals surface area contributed by atoms with Crippen molar-refractivity contribution >= 4 is 17.1 Å². The molecule has 0 aliphatic rings. The number of hydrogen-bond donors (Lipinski definition) is 0. The standard InChI is InChI=1S/C10H8O2S/c1-7(11)9-4-5-10(13-9)8-3-2-6-12-8/h2-6H,1H3. The first-order valence-corrected chi connectivity index (χ1v) is 4.73. The molecule has 66 valence electrons. The van der Waals surface area contributed by atoms with Crippen LogP contribution in [0.1, 0.15) is 16.6 Å². The van der Waals surface area contributed by atoms with E-state index in [1.165, 1.54) is 11.3 Å². The monoisotopic (exact) mass is 192 g/mol. The molecule has 2 aromatic rings. The average molecular weight is 192 g/mol. The predicted molar refractivity (Wildman–Crippen MR) is 52.0 cm³/mol. The lowest BCUT2D eigenvalue weighted by atomic mass is 10.3. The normalized spacial score (nSPS) is 10.2. The van der Waals surface area contributed by atoms with Gasteiger partial charge in [0.2, 0.25) is 0 Å². The van der Waals surface area contributed by atoms with E-state index >= 15 is 0 Å². The molecule has 0 unspecified atom stereocenters. The molecule has 0 aliphatic heterocycles. The van der Waals surface area contributed by atoms with Gasteiger partial charge in [0.15, 0.2) is 5.78 Å². The zero-order chi connectivity index (χ0) is 9.26. The molecule has 0 saturated heterocycles. The topological polar surface area (TPSA) is 30.2 Å².